The molecule has 6 unspecified atom stereocenters. The van der Waals surface area contributed by atoms with Gasteiger partial charge in [0.15, 0.2) is 24.6 Å². The number of aliphatic hydroxyl groups excluding tert-OH is 2. The molecule has 1 heterocycles. The van der Waals surface area contributed by atoms with Crippen molar-refractivity contribution in [1.82, 2.24) is 0 Å². The molecule has 1 aliphatic heterocycles. The average molecular weight is 1020 g/mol. The summed E-state index contributed by atoms with van der Waals surface area (Å²) in [6, 6.07) is 0. The van der Waals surface area contributed by atoms with E-state index >= 15 is 0 Å². The maximum atomic E-state index is 13.1. The number of carbonyl (C=O) groups is 4. The van der Waals surface area contributed by atoms with Crippen LogP contribution in [0.25, 0.3) is 0 Å². The Hall–Kier alpha value is -4.62. The van der Waals surface area contributed by atoms with Gasteiger partial charge in [-0.2, -0.15) is 0 Å². The van der Waals surface area contributed by atoms with E-state index in [4.69, 9.17) is 23.7 Å². The first kappa shape index (κ1) is 66.4. The van der Waals surface area contributed by atoms with Crippen molar-refractivity contribution in [3.05, 3.63) is 109 Å². The second kappa shape index (κ2) is 48.3. The Balaban J connectivity index is 2.76. The fourth-order valence-electron chi connectivity index (χ4n) is 7.59. The smallest absolute Gasteiger partial charge is 0.335 e. The fourth-order valence-corrected chi connectivity index (χ4v) is 7.59. The lowest BCUT2D eigenvalue weighted by Crippen LogP contribution is -2.61. The van der Waals surface area contributed by atoms with Gasteiger partial charge < -0.3 is 39.0 Å². The first-order valence-electron chi connectivity index (χ1n) is 27.9. The van der Waals surface area contributed by atoms with Crippen LogP contribution >= 0.6 is 0 Å². The third kappa shape index (κ3) is 38.6. The van der Waals surface area contributed by atoms with Crippen LogP contribution in [0.2, 0.25) is 0 Å². The molecule has 0 aromatic carbocycles. The Morgan fingerprint density at radius 1 is 0.466 bits per heavy atom. The molecule has 0 aliphatic carbocycles. The average Bonchev–Trinajstić information content (AvgIpc) is 3.37. The van der Waals surface area contributed by atoms with Gasteiger partial charge in [0.25, 0.3) is 0 Å². The Labute approximate surface area is 440 Å². The first-order chi connectivity index (χ1) is 35.6. The van der Waals surface area contributed by atoms with Crippen molar-refractivity contribution in [2.45, 2.75) is 237 Å². The highest BCUT2D eigenvalue weighted by Crippen LogP contribution is 2.26. The SMILES string of the molecule is CC/C=C\C/C=C\C/C=C\C/C=C\CCCCCCC(=O)OCC(COC1OC(C(=O)O)C(O)C(O)C1OC(=O)CCCCCCC/C=C\C/C=C\CCC)OC(=O)CCCCC/C=C\C/C=C\C/C=C\CC. The van der Waals surface area contributed by atoms with Crippen LogP contribution in [-0.2, 0) is 42.9 Å². The van der Waals surface area contributed by atoms with Crippen LogP contribution in [-0.4, -0.2) is 89.2 Å². The van der Waals surface area contributed by atoms with Crippen LogP contribution in [0, 0.1) is 0 Å². The van der Waals surface area contributed by atoms with Crippen molar-refractivity contribution in [2.24, 2.45) is 0 Å². The number of allylic oxidation sites excluding steroid dienone is 18. The Bertz CT molecular complexity index is 1690. The maximum Gasteiger partial charge on any atom is 0.335 e. The first-order valence-corrected chi connectivity index (χ1v) is 27.9. The topological polar surface area (TPSA) is 175 Å². The summed E-state index contributed by atoms with van der Waals surface area (Å²) >= 11 is 0. The number of hydrogen-bond donors (Lipinski definition) is 3. The highest BCUT2D eigenvalue weighted by atomic mass is 16.7. The van der Waals surface area contributed by atoms with E-state index in [1.807, 2.05) is 0 Å². The molecular formula is C61H96O12. The van der Waals surface area contributed by atoms with Gasteiger partial charge in [-0.25, -0.2) is 4.79 Å². The summed E-state index contributed by atoms with van der Waals surface area (Å²) in [4.78, 5) is 51.0. The third-order valence-electron chi connectivity index (χ3n) is 11.8. The van der Waals surface area contributed by atoms with Gasteiger partial charge in [-0.1, -0.05) is 175 Å². The molecule has 0 aromatic rings. The highest BCUT2D eigenvalue weighted by Gasteiger charge is 2.50. The summed E-state index contributed by atoms with van der Waals surface area (Å²) in [6.07, 6.45) is 52.1. The van der Waals surface area contributed by atoms with Gasteiger partial charge in [0.2, 0.25) is 0 Å². The number of rotatable bonds is 45. The molecule has 412 valence electrons. The van der Waals surface area contributed by atoms with Crippen LogP contribution in [0.1, 0.15) is 201 Å². The predicted octanol–water partition coefficient (Wildman–Crippen LogP) is 13.9. The molecule has 3 N–H and O–H groups in total. The zero-order valence-corrected chi connectivity index (χ0v) is 45.1. The van der Waals surface area contributed by atoms with E-state index in [0.717, 1.165) is 141 Å². The minimum atomic E-state index is -1.92. The summed E-state index contributed by atoms with van der Waals surface area (Å²) in [7, 11) is 0. The number of carboxylic acids is 1. The molecule has 0 bridgehead atoms. The molecule has 0 aromatic heterocycles. The van der Waals surface area contributed by atoms with Crippen molar-refractivity contribution in [3.63, 3.8) is 0 Å². The molecule has 1 saturated heterocycles. The normalized spacial score (nSPS) is 19.2. The Morgan fingerprint density at radius 3 is 1.33 bits per heavy atom. The van der Waals surface area contributed by atoms with Gasteiger partial charge in [0.1, 0.15) is 18.8 Å². The lowest BCUT2D eigenvalue weighted by molar-refractivity contribution is -0.301. The molecule has 1 rings (SSSR count). The van der Waals surface area contributed by atoms with Crippen LogP contribution in [0.15, 0.2) is 109 Å². The lowest BCUT2D eigenvalue weighted by Gasteiger charge is -2.40. The zero-order valence-electron chi connectivity index (χ0n) is 45.1. The summed E-state index contributed by atoms with van der Waals surface area (Å²) in [5, 5.41) is 31.4. The van der Waals surface area contributed by atoms with Gasteiger partial charge in [0, 0.05) is 19.3 Å². The van der Waals surface area contributed by atoms with Crippen LogP contribution in [0.3, 0.4) is 0 Å². The maximum absolute atomic E-state index is 13.1. The summed E-state index contributed by atoms with van der Waals surface area (Å²) in [5.74, 6) is -3.23. The number of aliphatic carboxylic acids is 1. The quantitative estimate of drug-likeness (QED) is 0.0228. The van der Waals surface area contributed by atoms with Crippen molar-refractivity contribution in [1.29, 1.82) is 0 Å². The van der Waals surface area contributed by atoms with E-state index in [9.17, 15) is 34.5 Å². The largest absolute Gasteiger partial charge is 0.479 e. The van der Waals surface area contributed by atoms with E-state index in [2.05, 4.69) is 130 Å². The van der Waals surface area contributed by atoms with E-state index in [0.29, 0.717) is 19.3 Å². The number of esters is 3. The van der Waals surface area contributed by atoms with Gasteiger partial charge in [0.05, 0.1) is 6.61 Å². The number of carbonyl (C=O) groups excluding carboxylic acids is 3. The standard InChI is InChI=1S/C61H96O12/c1-4-7-10-13-16-19-22-25-26-27-28-31-32-35-38-41-44-47-53(62)69-50-52(71-54(63)48-45-42-39-36-33-29-23-20-17-14-11-8-5-2)51-70-61-59(57(66)56(65)58(73-61)60(67)68)72-55(64)49-46-43-40-37-34-30-24-21-18-15-12-9-6-3/h7-8,10-12,15-17,19-21,24-26,28-29,31,33,52,56-59,61,65-66H,4-6,9,13-14,18,22-23,27,30,32,34-51H2,1-3H3,(H,67,68)/b10-7-,11-8-,15-12-,19-16-,20-17-,24-21-,26-25-,31-28-,33-29-. The number of aliphatic hydroxyl groups is 2. The van der Waals surface area contributed by atoms with Gasteiger partial charge in [-0.05, 0) is 116 Å². The monoisotopic (exact) mass is 1020 g/mol. The summed E-state index contributed by atoms with van der Waals surface area (Å²) in [6.45, 7) is 5.62. The van der Waals surface area contributed by atoms with Gasteiger partial charge in [-0.15, -0.1) is 0 Å². The van der Waals surface area contributed by atoms with Gasteiger partial charge >= 0.3 is 23.9 Å². The zero-order chi connectivity index (χ0) is 53.3. The number of hydrogen-bond acceptors (Lipinski definition) is 11. The second-order valence-corrected chi connectivity index (χ2v) is 18.4. The Kier molecular flexibility index (Phi) is 44.0. The van der Waals surface area contributed by atoms with Gasteiger partial charge in [-0.3, -0.25) is 14.4 Å². The molecule has 0 saturated carbocycles. The minimum absolute atomic E-state index is 0.0324. The minimum Gasteiger partial charge on any atom is -0.479 e. The molecule has 0 spiro atoms. The summed E-state index contributed by atoms with van der Waals surface area (Å²) in [5.41, 5.74) is 0. The van der Waals surface area contributed by atoms with E-state index in [-0.39, 0.29) is 25.9 Å². The van der Waals surface area contributed by atoms with E-state index in [1.54, 1.807) is 0 Å². The molecule has 73 heavy (non-hydrogen) atoms. The molecule has 1 aliphatic rings. The van der Waals surface area contributed by atoms with Crippen LogP contribution < -0.4 is 0 Å². The highest BCUT2D eigenvalue weighted by molar-refractivity contribution is 5.74. The molecule has 0 radical (unpaired) electrons. The van der Waals surface area contributed by atoms with E-state index < -0.39 is 67.3 Å². The van der Waals surface area contributed by atoms with Crippen molar-refractivity contribution in [3.8, 4) is 0 Å². The van der Waals surface area contributed by atoms with Crippen molar-refractivity contribution >= 4 is 23.9 Å². The molecule has 6 atom stereocenters. The third-order valence-corrected chi connectivity index (χ3v) is 11.8. The fraction of sp³-hybridized carbons (Fsp3) is 0.639. The second-order valence-electron chi connectivity index (χ2n) is 18.4. The number of ether oxygens (including phenoxy) is 5. The van der Waals surface area contributed by atoms with Crippen LogP contribution in [0.5, 0.6) is 0 Å². The van der Waals surface area contributed by atoms with Crippen LogP contribution in [0.4, 0.5) is 0 Å². The predicted molar refractivity (Wildman–Crippen MR) is 294 cm³/mol. The van der Waals surface area contributed by atoms with Crippen molar-refractivity contribution in [2.75, 3.05) is 13.2 Å². The van der Waals surface area contributed by atoms with Crippen molar-refractivity contribution < 1.29 is 58.2 Å². The molecular weight excluding hydrogens is 925 g/mol. The Morgan fingerprint density at radius 2 is 0.863 bits per heavy atom. The number of carboxylic acid groups (broad SMARTS) is 1. The summed E-state index contributed by atoms with van der Waals surface area (Å²) < 4.78 is 28.3. The molecule has 1 fully saturated rings. The molecule has 12 nitrogen and oxygen atoms in total. The molecule has 12 heteroatoms. The number of unbranched alkanes of at least 4 members (excludes halogenated alkanes) is 13. The molecule has 0 amide bonds. The lowest BCUT2D eigenvalue weighted by atomic mass is 9.98. The van der Waals surface area contributed by atoms with E-state index in [1.165, 1.54) is 0 Å².